The third kappa shape index (κ3) is 9.18. The zero-order chi connectivity index (χ0) is 35.0. The van der Waals surface area contributed by atoms with Gasteiger partial charge in [0.1, 0.15) is 0 Å². The number of aryl methyl sites for hydroxylation is 4. The largest absolute Gasteiger partial charge is 0.380 e. The van der Waals surface area contributed by atoms with E-state index in [2.05, 4.69) is 40.8 Å². The van der Waals surface area contributed by atoms with Gasteiger partial charge in [0.25, 0.3) is 11.4 Å². The third-order valence-electron chi connectivity index (χ3n) is 6.61. The lowest BCUT2D eigenvalue weighted by Gasteiger charge is -2.07. The number of nitrogen functional groups attached to an aromatic ring is 1. The van der Waals surface area contributed by atoms with E-state index < -0.39 is 6.03 Å². The molecule has 0 unspecified atom stereocenters. The van der Waals surface area contributed by atoms with Gasteiger partial charge in [0.2, 0.25) is 6.08 Å². The number of hydrogen-bond acceptors (Lipinski definition) is 11. The molecule has 0 bridgehead atoms. The van der Waals surface area contributed by atoms with Gasteiger partial charge in [-0.2, -0.15) is 10.3 Å². The summed E-state index contributed by atoms with van der Waals surface area (Å²) in [6.07, 6.45) is 1.42. The zero-order valence-electron chi connectivity index (χ0n) is 25.7. The van der Waals surface area contributed by atoms with E-state index in [0.29, 0.717) is 66.4 Å². The van der Waals surface area contributed by atoms with Crippen LogP contribution in [0, 0.1) is 45.6 Å². The first-order valence-corrected chi connectivity index (χ1v) is 14.5. The lowest BCUT2D eigenvalue weighted by Crippen LogP contribution is -2.19. The van der Waals surface area contributed by atoms with E-state index in [4.69, 9.17) is 49.8 Å². The Morgan fingerprint density at radius 3 is 1.96 bits per heavy atom. The second kappa shape index (κ2) is 17.7. The minimum Gasteiger partial charge on any atom is -0.380 e. The molecule has 4 aromatic heterocycles. The summed E-state index contributed by atoms with van der Waals surface area (Å²) >= 11 is 12.2. The number of anilines is 3. The molecule has 0 aliphatic rings. The van der Waals surface area contributed by atoms with E-state index in [-0.39, 0.29) is 20.7 Å². The molecule has 0 atom stereocenters. The number of carbonyl (C=O) groups excluding carboxylic acids is 2. The Morgan fingerprint density at radius 2 is 1.42 bits per heavy atom. The van der Waals surface area contributed by atoms with E-state index in [1.807, 2.05) is 19.9 Å². The van der Waals surface area contributed by atoms with Crippen molar-refractivity contribution in [1.82, 2.24) is 20.3 Å². The van der Waals surface area contributed by atoms with Gasteiger partial charge in [-0.3, -0.25) is 5.32 Å². The molecule has 2 aromatic carbocycles. The van der Waals surface area contributed by atoms with Crippen LogP contribution in [0.1, 0.15) is 42.9 Å². The molecule has 0 aliphatic carbocycles. The summed E-state index contributed by atoms with van der Waals surface area (Å²) in [6, 6.07) is 14.4. The summed E-state index contributed by atoms with van der Waals surface area (Å²) in [4.78, 5) is 36.8. The Labute approximate surface area is 297 Å². The standard InChI is InChI=1S/C16H12ClN5O2.C8H8ClN3O.C8H4N2O.2CH4/c1-8-12-14(22-24-15(12)19-9(2)13(8)17)21-16(23)20-11-5-3-10(7-18)4-6-11;1-3-5-7(10)12-13-8(5)11-4(2)6(3)9;1-9-7-2-4-8(5-3-7)10-6-11;;/h3-6H,1-2H3,(H2,20,21,22,23);1-2H3,(H2,10,12);2-5H;2*1H4. The number of nitrogens with zero attached hydrogens (tertiary/aromatic N) is 7. The van der Waals surface area contributed by atoms with E-state index in [9.17, 15) is 9.59 Å². The van der Waals surface area contributed by atoms with Gasteiger partial charge >= 0.3 is 6.03 Å². The van der Waals surface area contributed by atoms with Crippen LogP contribution in [0.4, 0.5) is 33.5 Å². The monoisotopic (exact) mass is 714 g/mol. The van der Waals surface area contributed by atoms with Crippen LogP contribution in [0.2, 0.25) is 10.0 Å². The molecule has 14 nitrogen and oxygen atoms in total. The Bertz CT molecular complexity index is 2260. The fourth-order valence-electron chi connectivity index (χ4n) is 4.22. The molecule has 6 aromatic rings. The van der Waals surface area contributed by atoms with Crippen molar-refractivity contribution in [2.24, 2.45) is 4.99 Å². The van der Waals surface area contributed by atoms with E-state index in [0.717, 1.165) is 16.8 Å². The SMILES string of the molecule is C.C.Cc1nc2onc(N)c2c(C)c1Cl.Cc1nc2onc(NC(=O)Nc3ccc(C#N)cc3)c2c(C)c1Cl.[C-]#[N+]c1ccc(N=C=O)cc1. The van der Waals surface area contributed by atoms with E-state index in [1.54, 1.807) is 62.4 Å². The predicted octanol–water partition coefficient (Wildman–Crippen LogP) is 9.56. The topological polar surface area (TPSA) is 203 Å². The number of urea groups is 1. The fraction of sp³-hybridized carbons (Fsp3) is 0.176. The molecule has 4 N–H and O–H groups in total. The smallest absolute Gasteiger partial charge is 0.324 e. The maximum Gasteiger partial charge on any atom is 0.324 e. The summed E-state index contributed by atoms with van der Waals surface area (Å²) < 4.78 is 10.1. The van der Waals surface area contributed by atoms with Gasteiger partial charge < -0.3 is 20.1 Å². The highest BCUT2D eigenvalue weighted by Crippen LogP contribution is 2.32. The number of rotatable bonds is 3. The van der Waals surface area contributed by atoms with Gasteiger partial charge in [-0.25, -0.2) is 24.4 Å². The van der Waals surface area contributed by atoms with E-state index >= 15 is 0 Å². The third-order valence-corrected chi connectivity index (χ3v) is 7.73. The molecule has 0 spiro atoms. The second-order valence-corrected chi connectivity index (χ2v) is 10.6. The number of aliphatic imine (C=N–C) groups is 1. The van der Waals surface area contributed by atoms with Crippen molar-refractivity contribution >= 4 is 86.2 Å². The quantitative estimate of drug-likeness (QED) is 0.0899. The number of nitrogens with one attached hydrogen (secondary N) is 2. The number of amides is 2. The molecule has 16 heteroatoms. The summed E-state index contributed by atoms with van der Waals surface area (Å²) in [7, 11) is 0. The van der Waals surface area contributed by atoms with Gasteiger partial charge in [0.05, 0.1) is 56.1 Å². The molecule has 0 saturated heterocycles. The maximum atomic E-state index is 12.1. The molecule has 0 saturated carbocycles. The highest BCUT2D eigenvalue weighted by atomic mass is 35.5. The Balaban J connectivity index is 0.000000282. The first-order chi connectivity index (χ1) is 23.0. The van der Waals surface area contributed by atoms with Crippen LogP contribution in [-0.4, -0.2) is 32.4 Å². The molecule has 0 aliphatic heterocycles. The minimum absolute atomic E-state index is 0. The molecule has 6 rings (SSSR count). The number of carbonyl (C=O) groups is 1. The molecular weight excluding hydrogens is 683 g/mol. The molecule has 2 amide bonds. The van der Waals surface area contributed by atoms with Gasteiger partial charge in [0.15, 0.2) is 17.3 Å². The number of isocyanates is 1. The normalized spacial score (nSPS) is 9.60. The summed E-state index contributed by atoms with van der Waals surface area (Å²) in [5.41, 5.74) is 11.4. The average Bonchev–Trinajstić information content (AvgIpc) is 3.66. The van der Waals surface area contributed by atoms with Crippen molar-refractivity contribution < 1.29 is 18.6 Å². The van der Waals surface area contributed by atoms with Gasteiger partial charge in [-0.1, -0.05) is 60.5 Å². The summed E-state index contributed by atoms with van der Waals surface area (Å²) in [5, 5.41) is 23.9. The number of nitrogens with two attached hydrogens (primary N) is 1. The van der Waals surface area contributed by atoms with Crippen LogP contribution in [0.15, 0.2) is 62.6 Å². The average molecular weight is 716 g/mol. The Morgan fingerprint density at radius 1 is 0.880 bits per heavy atom. The molecular formula is C34H32Cl2N10O4. The number of halogens is 2. The highest BCUT2D eigenvalue weighted by Gasteiger charge is 2.18. The van der Waals surface area contributed by atoms with Crippen LogP contribution >= 0.6 is 23.2 Å². The summed E-state index contributed by atoms with van der Waals surface area (Å²) in [6.45, 7) is 13.9. The van der Waals surface area contributed by atoms with Crippen LogP contribution in [0.25, 0.3) is 27.0 Å². The lowest BCUT2D eigenvalue weighted by molar-refractivity contribution is 0.262. The maximum absolute atomic E-state index is 12.1. The van der Waals surface area contributed by atoms with Crippen molar-refractivity contribution in [1.29, 1.82) is 5.26 Å². The number of pyridine rings is 2. The second-order valence-electron chi connectivity index (χ2n) is 9.83. The number of nitriles is 1. The van der Waals surface area contributed by atoms with Gasteiger partial charge in [0, 0.05) is 5.69 Å². The highest BCUT2D eigenvalue weighted by molar-refractivity contribution is 6.33. The van der Waals surface area contributed by atoms with Crippen molar-refractivity contribution in [3.05, 3.63) is 98.1 Å². The number of hydrogen-bond donors (Lipinski definition) is 3. The number of aromatic nitrogens is 4. The molecule has 256 valence electrons. The molecule has 4 heterocycles. The first-order valence-electron chi connectivity index (χ1n) is 13.7. The minimum atomic E-state index is -0.494. The molecule has 50 heavy (non-hydrogen) atoms. The lowest BCUT2D eigenvalue weighted by atomic mass is 10.2. The van der Waals surface area contributed by atoms with Crippen LogP contribution in [0.5, 0.6) is 0 Å². The molecule has 0 fully saturated rings. The van der Waals surface area contributed by atoms with Gasteiger partial charge in [-0.05, 0) is 75.2 Å². The van der Waals surface area contributed by atoms with Crippen molar-refractivity contribution in [3.8, 4) is 6.07 Å². The first kappa shape index (κ1) is 39.9. The summed E-state index contributed by atoms with van der Waals surface area (Å²) in [5.74, 6) is 0.574. The van der Waals surface area contributed by atoms with Crippen molar-refractivity contribution in [3.63, 3.8) is 0 Å². The van der Waals surface area contributed by atoms with Crippen molar-refractivity contribution in [2.75, 3.05) is 16.4 Å². The number of fused-ring (bicyclic) bond motifs is 2. The van der Waals surface area contributed by atoms with Crippen LogP contribution in [-0.2, 0) is 4.79 Å². The Kier molecular flexibility index (Phi) is 14.1. The molecule has 0 radical (unpaired) electrons. The van der Waals surface area contributed by atoms with Crippen LogP contribution in [0.3, 0.4) is 0 Å². The van der Waals surface area contributed by atoms with Crippen LogP contribution < -0.4 is 16.4 Å². The Hall–Kier alpha value is -6.31. The van der Waals surface area contributed by atoms with E-state index in [1.165, 1.54) is 6.08 Å². The fourth-order valence-corrected chi connectivity index (χ4v) is 4.49. The van der Waals surface area contributed by atoms with Gasteiger partial charge in [-0.15, -0.1) is 0 Å². The number of benzene rings is 2. The predicted molar refractivity (Wildman–Crippen MR) is 195 cm³/mol. The zero-order valence-corrected chi connectivity index (χ0v) is 27.2. The van der Waals surface area contributed by atoms with Crippen molar-refractivity contribution in [2.45, 2.75) is 42.5 Å².